The number of nitro benzene ring substituents is 1. The van der Waals surface area contributed by atoms with E-state index >= 15 is 0 Å². The van der Waals surface area contributed by atoms with Crippen LogP contribution in [0.1, 0.15) is 5.56 Å². The molecule has 1 heterocycles. The highest BCUT2D eigenvalue weighted by molar-refractivity contribution is 6.36. The van der Waals surface area contributed by atoms with Crippen molar-refractivity contribution >= 4 is 46.3 Å². The van der Waals surface area contributed by atoms with E-state index in [2.05, 4.69) is 4.98 Å². The number of aromatic nitrogens is 1. The van der Waals surface area contributed by atoms with E-state index in [0.717, 1.165) is 0 Å². The first-order chi connectivity index (χ1) is 12.8. The number of nitro groups is 1. The number of halogens is 3. The van der Waals surface area contributed by atoms with Gasteiger partial charge in [0.25, 0.3) is 5.69 Å². The molecule has 2 aromatic carbocycles. The van der Waals surface area contributed by atoms with Crippen LogP contribution < -0.4 is 5.73 Å². The molecule has 0 fully saturated rings. The van der Waals surface area contributed by atoms with Crippen LogP contribution in [0.3, 0.4) is 0 Å². The Morgan fingerprint density at radius 1 is 1.00 bits per heavy atom. The molecule has 0 radical (unpaired) electrons. The van der Waals surface area contributed by atoms with Crippen molar-refractivity contribution < 1.29 is 4.92 Å². The molecule has 0 bridgehead atoms. The molecule has 134 valence electrons. The molecule has 0 unspecified atom stereocenters. The molecule has 9 heteroatoms. The van der Waals surface area contributed by atoms with Crippen LogP contribution in [-0.2, 0) is 0 Å². The largest absolute Gasteiger partial charge is 0.383 e. The average Bonchev–Trinajstić information content (AvgIpc) is 2.61. The van der Waals surface area contributed by atoms with Crippen LogP contribution in [0.25, 0.3) is 22.4 Å². The molecule has 1 aromatic heterocycles. The number of nitrogens with two attached hydrogens (primary N) is 1. The van der Waals surface area contributed by atoms with E-state index in [-0.39, 0.29) is 22.1 Å². The van der Waals surface area contributed by atoms with Crippen LogP contribution in [0.2, 0.25) is 15.1 Å². The second-order valence-corrected chi connectivity index (χ2v) is 6.72. The van der Waals surface area contributed by atoms with Gasteiger partial charge in [0.15, 0.2) is 0 Å². The molecule has 0 aliphatic carbocycles. The van der Waals surface area contributed by atoms with Crippen molar-refractivity contribution in [3.05, 3.63) is 73.2 Å². The van der Waals surface area contributed by atoms with Crippen molar-refractivity contribution in [2.75, 3.05) is 5.73 Å². The number of hydrogen-bond donors (Lipinski definition) is 1. The van der Waals surface area contributed by atoms with Crippen molar-refractivity contribution in [1.82, 2.24) is 4.98 Å². The third-order valence-electron chi connectivity index (χ3n) is 3.82. The van der Waals surface area contributed by atoms with Crippen LogP contribution in [0, 0.1) is 21.4 Å². The zero-order valence-electron chi connectivity index (χ0n) is 13.4. The summed E-state index contributed by atoms with van der Waals surface area (Å²) in [6.45, 7) is 0. The minimum atomic E-state index is -0.548. The van der Waals surface area contributed by atoms with Crippen molar-refractivity contribution in [3.63, 3.8) is 0 Å². The first-order valence-electron chi connectivity index (χ1n) is 7.42. The summed E-state index contributed by atoms with van der Waals surface area (Å²) in [5, 5.41) is 21.6. The molecule has 3 aromatic rings. The van der Waals surface area contributed by atoms with E-state index in [1.165, 1.54) is 18.2 Å². The maximum Gasteiger partial charge on any atom is 0.270 e. The SMILES string of the molecule is N#Cc1c(-c2cc([N+](=O)[O-])ccc2Cl)cc(-c2ccc(Cl)cc2Cl)nc1N. The summed E-state index contributed by atoms with van der Waals surface area (Å²) < 4.78 is 0. The monoisotopic (exact) mass is 418 g/mol. The van der Waals surface area contributed by atoms with Gasteiger partial charge < -0.3 is 5.73 Å². The summed E-state index contributed by atoms with van der Waals surface area (Å²) in [5.74, 6) is -0.0430. The molecule has 0 aliphatic rings. The van der Waals surface area contributed by atoms with Crippen molar-refractivity contribution in [2.45, 2.75) is 0 Å². The smallest absolute Gasteiger partial charge is 0.270 e. The topological polar surface area (TPSA) is 106 Å². The van der Waals surface area contributed by atoms with E-state index in [9.17, 15) is 15.4 Å². The first-order valence-corrected chi connectivity index (χ1v) is 8.55. The minimum absolute atomic E-state index is 0.0430. The van der Waals surface area contributed by atoms with Gasteiger partial charge in [-0.2, -0.15) is 5.26 Å². The number of nitrogen functional groups attached to an aromatic ring is 1. The molecule has 27 heavy (non-hydrogen) atoms. The number of pyridine rings is 1. The number of nitriles is 1. The molecular formula is C18H9Cl3N4O2. The predicted molar refractivity (Wildman–Crippen MR) is 106 cm³/mol. The number of nitrogens with zero attached hydrogens (tertiary/aromatic N) is 3. The Balaban J connectivity index is 2.30. The molecule has 0 saturated heterocycles. The van der Waals surface area contributed by atoms with Crippen LogP contribution in [0.4, 0.5) is 11.5 Å². The summed E-state index contributed by atoms with van der Waals surface area (Å²) >= 11 is 18.4. The molecule has 0 amide bonds. The van der Waals surface area contributed by atoms with Crippen LogP contribution in [0.5, 0.6) is 0 Å². The summed E-state index contributed by atoms with van der Waals surface area (Å²) in [6.07, 6.45) is 0. The zero-order chi connectivity index (χ0) is 19.7. The Kier molecular flexibility index (Phi) is 5.19. The molecule has 0 aliphatic heterocycles. The Morgan fingerprint density at radius 2 is 1.74 bits per heavy atom. The molecule has 3 rings (SSSR count). The fraction of sp³-hybridized carbons (Fsp3) is 0. The lowest BCUT2D eigenvalue weighted by Gasteiger charge is -2.12. The lowest BCUT2D eigenvalue weighted by Crippen LogP contribution is -2.00. The molecule has 6 nitrogen and oxygen atoms in total. The lowest BCUT2D eigenvalue weighted by atomic mass is 9.98. The van der Waals surface area contributed by atoms with E-state index < -0.39 is 4.92 Å². The summed E-state index contributed by atoms with van der Waals surface area (Å²) in [6, 6.07) is 12.3. The molecular weight excluding hydrogens is 411 g/mol. The van der Waals surface area contributed by atoms with Gasteiger partial charge in [-0.25, -0.2) is 4.98 Å². The Morgan fingerprint density at radius 3 is 2.37 bits per heavy atom. The standard InChI is InChI=1S/C18H9Cl3N4O2/c19-9-1-3-11(16(21)5-9)17-7-12(14(8-22)18(23)24-17)13-6-10(25(26)27)2-4-15(13)20/h1-7H,(H2,23,24). The normalized spacial score (nSPS) is 10.4. The summed E-state index contributed by atoms with van der Waals surface area (Å²) in [7, 11) is 0. The van der Waals surface area contributed by atoms with Gasteiger partial charge in [-0.3, -0.25) is 10.1 Å². The second kappa shape index (κ2) is 7.41. The highest BCUT2D eigenvalue weighted by Gasteiger charge is 2.19. The van der Waals surface area contributed by atoms with Crippen LogP contribution in [0.15, 0.2) is 42.5 Å². The fourth-order valence-electron chi connectivity index (χ4n) is 2.56. The first kappa shape index (κ1) is 18.9. The van der Waals surface area contributed by atoms with Gasteiger partial charge in [0, 0.05) is 38.9 Å². The average molecular weight is 420 g/mol. The molecule has 0 atom stereocenters. The lowest BCUT2D eigenvalue weighted by molar-refractivity contribution is -0.384. The summed E-state index contributed by atoms with van der Waals surface area (Å²) in [5.41, 5.74) is 7.39. The number of rotatable bonds is 3. The maximum atomic E-state index is 11.1. The number of hydrogen-bond acceptors (Lipinski definition) is 5. The zero-order valence-corrected chi connectivity index (χ0v) is 15.7. The molecule has 0 saturated carbocycles. The third kappa shape index (κ3) is 3.67. The molecule has 2 N–H and O–H groups in total. The van der Waals surface area contributed by atoms with Crippen molar-refractivity contribution in [1.29, 1.82) is 5.26 Å². The van der Waals surface area contributed by atoms with Gasteiger partial charge in [0.05, 0.1) is 15.6 Å². The Hall–Kier alpha value is -2.85. The predicted octanol–water partition coefficient (Wildman–Crippen LogP) is 5.74. The third-order valence-corrected chi connectivity index (χ3v) is 4.69. The van der Waals surface area contributed by atoms with Crippen LogP contribution >= 0.6 is 34.8 Å². The highest BCUT2D eigenvalue weighted by atomic mass is 35.5. The van der Waals surface area contributed by atoms with E-state index in [0.29, 0.717) is 32.4 Å². The molecule has 0 spiro atoms. The highest BCUT2D eigenvalue weighted by Crippen LogP contribution is 2.38. The van der Waals surface area contributed by atoms with Gasteiger partial charge in [-0.15, -0.1) is 0 Å². The van der Waals surface area contributed by atoms with E-state index in [1.807, 2.05) is 6.07 Å². The van der Waals surface area contributed by atoms with E-state index in [4.69, 9.17) is 40.5 Å². The maximum absolute atomic E-state index is 11.1. The van der Waals surface area contributed by atoms with Gasteiger partial charge in [-0.05, 0) is 30.3 Å². The second-order valence-electron chi connectivity index (χ2n) is 5.47. The number of non-ortho nitro benzene ring substituents is 1. The number of anilines is 1. The van der Waals surface area contributed by atoms with Crippen LogP contribution in [-0.4, -0.2) is 9.91 Å². The minimum Gasteiger partial charge on any atom is -0.383 e. The van der Waals surface area contributed by atoms with Gasteiger partial charge in [0.2, 0.25) is 0 Å². The van der Waals surface area contributed by atoms with Crippen molar-refractivity contribution in [3.8, 4) is 28.5 Å². The van der Waals surface area contributed by atoms with E-state index in [1.54, 1.807) is 24.3 Å². The fourth-order valence-corrected chi connectivity index (χ4v) is 3.29. The van der Waals surface area contributed by atoms with Gasteiger partial charge in [0.1, 0.15) is 17.5 Å². The van der Waals surface area contributed by atoms with Gasteiger partial charge in [-0.1, -0.05) is 34.8 Å². The van der Waals surface area contributed by atoms with Crippen molar-refractivity contribution in [2.24, 2.45) is 0 Å². The Labute approximate surface area is 168 Å². The number of benzene rings is 2. The van der Waals surface area contributed by atoms with Gasteiger partial charge >= 0.3 is 0 Å². The summed E-state index contributed by atoms with van der Waals surface area (Å²) in [4.78, 5) is 14.8. The quantitative estimate of drug-likeness (QED) is 0.430. The Bertz CT molecular complexity index is 1130.